The first kappa shape index (κ1) is 18.8. The van der Waals surface area contributed by atoms with Crippen molar-refractivity contribution in [3.05, 3.63) is 94.6 Å². The summed E-state index contributed by atoms with van der Waals surface area (Å²) in [5.74, 6) is -0.361. The van der Waals surface area contributed by atoms with Gasteiger partial charge >= 0.3 is 0 Å². The number of halogens is 1. The zero-order valence-corrected chi connectivity index (χ0v) is 16.9. The second-order valence-corrected chi connectivity index (χ2v) is 7.25. The molecule has 29 heavy (non-hydrogen) atoms. The van der Waals surface area contributed by atoms with Gasteiger partial charge in [-0.3, -0.25) is 9.89 Å². The van der Waals surface area contributed by atoms with E-state index in [1.807, 2.05) is 66.7 Å². The van der Waals surface area contributed by atoms with E-state index in [1.165, 1.54) is 6.21 Å². The lowest BCUT2D eigenvalue weighted by Crippen LogP contribution is -2.17. The zero-order valence-electron chi connectivity index (χ0n) is 15.3. The summed E-state index contributed by atoms with van der Waals surface area (Å²) in [6.07, 6.45) is 3.44. The van der Waals surface area contributed by atoms with E-state index < -0.39 is 0 Å². The predicted molar refractivity (Wildman–Crippen MR) is 121 cm³/mol. The molecule has 0 atom stereocenters. The van der Waals surface area contributed by atoms with E-state index in [9.17, 15) is 4.79 Å². The lowest BCUT2D eigenvalue weighted by molar-refractivity contribution is 0.0950. The Labute approximate surface area is 176 Å². The van der Waals surface area contributed by atoms with Gasteiger partial charge in [0, 0.05) is 10.0 Å². The van der Waals surface area contributed by atoms with Crippen molar-refractivity contribution in [2.75, 3.05) is 0 Å². The van der Waals surface area contributed by atoms with Gasteiger partial charge in [-0.25, -0.2) is 5.43 Å². The SMILES string of the molecule is O=C(N/N=C\C(Br)=C\c1ccccc1)c1cc(-c2cccc3ccccc23)n[nH]1. The van der Waals surface area contributed by atoms with Gasteiger partial charge in [-0.1, -0.05) is 72.8 Å². The third-order valence-electron chi connectivity index (χ3n) is 4.35. The maximum atomic E-state index is 12.4. The number of rotatable bonds is 5. The molecule has 5 nitrogen and oxygen atoms in total. The number of benzene rings is 3. The molecule has 2 N–H and O–H groups in total. The van der Waals surface area contributed by atoms with Crippen molar-refractivity contribution in [3.8, 4) is 11.3 Å². The van der Waals surface area contributed by atoms with Gasteiger partial charge in [0.2, 0.25) is 0 Å². The minimum atomic E-state index is -0.361. The van der Waals surface area contributed by atoms with Crippen LogP contribution in [0.4, 0.5) is 0 Å². The summed E-state index contributed by atoms with van der Waals surface area (Å²) in [4.78, 5) is 12.4. The van der Waals surface area contributed by atoms with E-state index in [4.69, 9.17) is 0 Å². The molecule has 0 saturated heterocycles. The summed E-state index contributed by atoms with van der Waals surface area (Å²) in [7, 11) is 0. The minimum absolute atomic E-state index is 0.341. The Morgan fingerprint density at radius 1 is 1.00 bits per heavy atom. The first-order chi connectivity index (χ1) is 14.2. The fraction of sp³-hybridized carbons (Fsp3) is 0. The van der Waals surface area contributed by atoms with Gasteiger partial charge in [0.15, 0.2) is 0 Å². The number of amides is 1. The molecule has 4 aromatic rings. The fourth-order valence-electron chi connectivity index (χ4n) is 2.98. The summed E-state index contributed by atoms with van der Waals surface area (Å²) in [5.41, 5.74) is 5.56. The highest BCUT2D eigenvalue weighted by atomic mass is 79.9. The summed E-state index contributed by atoms with van der Waals surface area (Å²) >= 11 is 3.42. The van der Waals surface area contributed by atoms with E-state index in [0.29, 0.717) is 11.4 Å². The first-order valence-electron chi connectivity index (χ1n) is 9.00. The Bertz CT molecular complexity index is 1210. The third-order valence-corrected chi connectivity index (χ3v) is 4.78. The van der Waals surface area contributed by atoms with Crippen molar-refractivity contribution < 1.29 is 4.79 Å². The molecule has 0 fully saturated rings. The molecule has 1 amide bonds. The van der Waals surface area contributed by atoms with Crippen LogP contribution in [0, 0.1) is 0 Å². The standard InChI is InChI=1S/C23H17BrN4O/c24-18(13-16-7-2-1-3-8-16)15-25-28-23(29)22-14-21(26-27-22)20-12-6-10-17-9-4-5-11-19(17)20/h1-15H,(H,26,27)(H,28,29)/b18-13-,25-15-. The lowest BCUT2D eigenvalue weighted by Gasteiger charge is -2.02. The van der Waals surface area contributed by atoms with Gasteiger partial charge in [-0.05, 0) is 44.4 Å². The third kappa shape index (κ3) is 4.50. The number of aromatic nitrogens is 2. The second kappa shape index (κ2) is 8.67. The van der Waals surface area contributed by atoms with Crippen molar-refractivity contribution in [1.29, 1.82) is 0 Å². The topological polar surface area (TPSA) is 70.1 Å². The summed E-state index contributed by atoms with van der Waals surface area (Å²) in [6.45, 7) is 0. The molecule has 0 spiro atoms. The Balaban J connectivity index is 1.47. The highest BCUT2D eigenvalue weighted by Crippen LogP contribution is 2.27. The van der Waals surface area contributed by atoms with Crippen molar-refractivity contribution in [2.24, 2.45) is 5.10 Å². The van der Waals surface area contributed by atoms with Crippen LogP contribution >= 0.6 is 15.9 Å². The molecule has 1 heterocycles. The smallest absolute Gasteiger partial charge is 0.272 e. The van der Waals surface area contributed by atoms with Crippen LogP contribution in [0.15, 0.2) is 88.4 Å². The van der Waals surface area contributed by atoms with E-state index in [1.54, 1.807) is 6.07 Å². The van der Waals surface area contributed by atoms with E-state index in [2.05, 4.69) is 48.8 Å². The highest BCUT2D eigenvalue weighted by molar-refractivity contribution is 9.12. The molecular weight excluding hydrogens is 428 g/mol. The van der Waals surface area contributed by atoms with E-state index in [0.717, 1.165) is 26.4 Å². The van der Waals surface area contributed by atoms with Crippen LogP contribution in [0.1, 0.15) is 16.1 Å². The molecule has 142 valence electrons. The molecule has 0 aliphatic carbocycles. The predicted octanol–water partition coefficient (Wildman–Crippen LogP) is 5.38. The number of carbonyl (C=O) groups is 1. The van der Waals surface area contributed by atoms with E-state index >= 15 is 0 Å². The van der Waals surface area contributed by atoms with Crippen LogP contribution in [0.25, 0.3) is 28.1 Å². The number of carbonyl (C=O) groups excluding carboxylic acids is 1. The van der Waals surface area contributed by atoms with Crippen LogP contribution in [0.5, 0.6) is 0 Å². The van der Waals surface area contributed by atoms with Crippen molar-refractivity contribution >= 4 is 44.9 Å². The molecule has 1 aromatic heterocycles. The van der Waals surface area contributed by atoms with Gasteiger partial charge in [0.25, 0.3) is 5.91 Å². The number of H-pyrrole nitrogens is 1. The summed E-state index contributed by atoms with van der Waals surface area (Å²) in [6, 6.07) is 25.6. The molecule has 0 aliphatic rings. The number of hydrogen-bond donors (Lipinski definition) is 2. The van der Waals surface area contributed by atoms with Gasteiger partial charge in [-0.2, -0.15) is 10.2 Å². The lowest BCUT2D eigenvalue weighted by atomic mass is 10.0. The number of hydrazone groups is 1. The molecule has 0 radical (unpaired) electrons. The number of allylic oxidation sites excluding steroid dienone is 1. The number of nitrogens with one attached hydrogen (secondary N) is 2. The van der Waals surface area contributed by atoms with Crippen LogP contribution in [-0.2, 0) is 0 Å². The van der Waals surface area contributed by atoms with Crippen LogP contribution < -0.4 is 5.43 Å². The summed E-state index contributed by atoms with van der Waals surface area (Å²) < 4.78 is 0.741. The normalized spacial score (nSPS) is 11.8. The minimum Gasteiger partial charge on any atom is -0.272 e. The number of hydrogen-bond acceptors (Lipinski definition) is 3. The Hall–Kier alpha value is -3.51. The monoisotopic (exact) mass is 444 g/mol. The average Bonchev–Trinajstić information content (AvgIpc) is 3.24. The molecule has 4 rings (SSSR count). The van der Waals surface area contributed by atoms with Gasteiger partial charge in [-0.15, -0.1) is 0 Å². The molecule has 0 unspecified atom stereocenters. The quantitative estimate of drug-likeness (QED) is 0.320. The molecular formula is C23H17BrN4O. The number of fused-ring (bicyclic) bond motifs is 1. The number of aromatic amines is 1. The van der Waals surface area contributed by atoms with Gasteiger partial charge in [0.05, 0.1) is 11.9 Å². The Kier molecular flexibility index (Phi) is 5.63. The van der Waals surface area contributed by atoms with E-state index in [-0.39, 0.29) is 5.91 Å². The van der Waals surface area contributed by atoms with Crippen molar-refractivity contribution in [1.82, 2.24) is 15.6 Å². The van der Waals surface area contributed by atoms with Crippen LogP contribution in [-0.4, -0.2) is 22.3 Å². The van der Waals surface area contributed by atoms with Crippen LogP contribution in [0.3, 0.4) is 0 Å². The van der Waals surface area contributed by atoms with Crippen molar-refractivity contribution in [2.45, 2.75) is 0 Å². The molecule has 0 saturated carbocycles. The molecule has 6 heteroatoms. The number of nitrogens with zero attached hydrogens (tertiary/aromatic N) is 2. The maximum absolute atomic E-state index is 12.4. The fourth-order valence-corrected chi connectivity index (χ4v) is 3.35. The average molecular weight is 445 g/mol. The van der Waals surface area contributed by atoms with Crippen molar-refractivity contribution in [3.63, 3.8) is 0 Å². The summed E-state index contributed by atoms with van der Waals surface area (Å²) in [5, 5.41) is 13.3. The Morgan fingerprint density at radius 2 is 1.76 bits per heavy atom. The zero-order chi connectivity index (χ0) is 20.1. The Morgan fingerprint density at radius 3 is 2.62 bits per heavy atom. The first-order valence-corrected chi connectivity index (χ1v) is 9.79. The van der Waals surface area contributed by atoms with Gasteiger partial charge in [0.1, 0.15) is 5.69 Å². The highest BCUT2D eigenvalue weighted by Gasteiger charge is 2.12. The largest absolute Gasteiger partial charge is 0.289 e. The van der Waals surface area contributed by atoms with Crippen LogP contribution in [0.2, 0.25) is 0 Å². The maximum Gasteiger partial charge on any atom is 0.289 e. The second-order valence-electron chi connectivity index (χ2n) is 6.33. The molecule has 0 bridgehead atoms. The molecule has 0 aliphatic heterocycles. The van der Waals surface area contributed by atoms with Gasteiger partial charge < -0.3 is 0 Å². The molecule has 3 aromatic carbocycles.